The molecule has 0 aromatic carbocycles. The molecule has 96 valence electrons. The molecule has 7 heteroatoms. The number of aromatic nitrogens is 2. The summed E-state index contributed by atoms with van der Waals surface area (Å²) in [5.74, 6) is -0.205. The highest BCUT2D eigenvalue weighted by Crippen LogP contribution is 2.15. The van der Waals surface area contributed by atoms with Gasteiger partial charge in [-0.1, -0.05) is 0 Å². The molecule has 0 bridgehead atoms. The number of halogens is 1. The predicted molar refractivity (Wildman–Crippen MR) is 66.1 cm³/mol. The number of nitrogens with one attached hydrogen (secondary N) is 1. The lowest BCUT2D eigenvalue weighted by Gasteiger charge is -2.00. The van der Waals surface area contributed by atoms with Crippen LogP contribution in [0, 0.1) is 5.13 Å². The number of hydrogen-bond acceptors (Lipinski definition) is 4. The maximum absolute atomic E-state index is 12.7. The second kappa shape index (κ2) is 5.63. The van der Waals surface area contributed by atoms with Crippen molar-refractivity contribution in [3.63, 3.8) is 0 Å². The third-order valence-electron chi connectivity index (χ3n) is 2.27. The highest BCUT2D eigenvalue weighted by atomic mass is 32.1. The van der Waals surface area contributed by atoms with Crippen molar-refractivity contribution in [3.8, 4) is 0 Å². The Balaban J connectivity index is 1.84. The number of hydrogen-bond donors (Lipinski definition) is 2. The van der Waals surface area contributed by atoms with E-state index in [1.807, 2.05) is 0 Å². The number of thiophene rings is 1. The first-order valence-corrected chi connectivity index (χ1v) is 6.18. The first kappa shape index (κ1) is 12.6. The van der Waals surface area contributed by atoms with E-state index in [9.17, 15) is 9.18 Å². The van der Waals surface area contributed by atoms with Crippen LogP contribution in [0.25, 0.3) is 0 Å². The number of anilines is 1. The predicted octanol–water partition coefficient (Wildman–Crippen LogP) is 2.17. The molecule has 0 aliphatic carbocycles. The van der Waals surface area contributed by atoms with E-state index in [-0.39, 0.29) is 11.6 Å². The van der Waals surface area contributed by atoms with Crippen LogP contribution in [0.1, 0.15) is 11.3 Å². The summed E-state index contributed by atoms with van der Waals surface area (Å²) in [6, 6.07) is 4.90. The molecule has 0 radical (unpaired) electrons. The highest BCUT2D eigenvalue weighted by molar-refractivity contribution is 7.10. The fraction of sp³-hybridized carbons (Fsp3) is 0.273. The van der Waals surface area contributed by atoms with Crippen LogP contribution in [-0.4, -0.2) is 20.9 Å². The van der Waals surface area contributed by atoms with Crippen molar-refractivity contribution in [2.75, 3.05) is 5.32 Å². The normalized spacial score (nSPS) is 10.5. The van der Waals surface area contributed by atoms with Crippen LogP contribution in [-0.2, 0) is 17.9 Å². The van der Waals surface area contributed by atoms with Crippen LogP contribution < -0.4 is 5.32 Å². The minimum absolute atomic E-state index is 0.0389. The summed E-state index contributed by atoms with van der Waals surface area (Å²) in [7, 11) is 0. The molecule has 2 rings (SSSR count). The monoisotopic (exact) mass is 269 g/mol. The molecule has 2 aromatic heterocycles. The third kappa shape index (κ3) is 3.56. The van der Waals surface area contributed by atoms with Gasteiger partial charge in [0.05, 0.1) is 19.5 Å². The molecular weight excluding hydrogens is 257 g/mol. The molecule has 2 heterocycles. The van der Waals surface area contributed by atoms with E-state index < -0.39 is 5.97 Å². The van der Waals surface area contributed by atoms with E-state index in [2.05, 4.69) is 10.4 Å². The molecular formula is C11H12FN3O2S. The largest absolute Gasteiger partial charge is 0.481 e. The molecule has 0 aliphatic rings. The van der Waals surface area contributed by atoms with Gasteiger partial charge in [-0.25, -0.2) is 0 Å². The lowest BCUT2D eigenvalue weighted by atomic mass is 10.4. The van der Waals surface area contributed by atoms with E-state index >= 15 is 0 Å². The number of carboxylic acid groups (broad SMARTS) is 1. The number of aliphatic carboxylic acids is 1. The van der Waals surface area contributed by atoms with Crippen molar-refractivity contribution in [1.82, 2.24) is 9.78 Å². The molecule has 0 amide bonds. The molecule has 0 atom stereocenters. The number of carbonyl (C=O) groups is 1. The Morgan fingerprint density at radius 1 is 1.50 bits per heavy atom. The van der Waals surface area contributed by atoms with Crippen LogP contribution in [0.3, 0.4) is 0 Å². The lowest BCUT2D eigenvalue weighted by molar-refractivity contribution is -0.137. The standard InChI is InChI=1S/C11H12FN3O2S/c12-9-2-1-8(18-9)7-13-10-3-5-15(14-10)6-4-11(16)17/h1-3,5H,4,6-7H2,(H,13,14)(H,16,17). The van der Waals surface area contributed by atoms with Crippen LogP contribution in [0.15, 0.2) is 24.4 Å². The Bertz CT molecular complexity index is 538. The van der Waals surface area contributed by atoms with Crippen molar-refractivity contribution >= 4 is 23.1 Å². The third-order valence-corrected chi connectivity index (χ3v) is 3.14. The molecule has 18 heavy (non-hydrogen) atoms. The van der Waals surface area contributed by atoms with Crippen LogP contribution in [0.2, 0.25) is 0 Å². The van der Waals surface area contributed by atoms with Gasteiger partial charge in [0, 0.05) is 17.1 Å². The SMILES string of the molecule is O=C(O)CCn1ccc(NCc2ccc(F)s2)n1. The molecule has 2 aromatic rings. The van der Waals surface area contributed by atoms with Crippen molar-refractivity contribution < 1.29 is 14.3 Å². The first-order chi connectivity index (χ1) is 8.63. The maximum Gasteiger partial charge on any atom is 0.305 e. The van der Waals surface area contributed by atoms with Crippen molar-refractivity contribution in [1.29, 1.82) is 0 Å². The molecule has 0 saturated heterocycles. The van der Waals surface area contributed by atoms with Gasteiger partial charge in [-0.15, -0.1) is 11.3 Å². The quantitative estimate of drug-likeness (QED) is 0.843. The van der Waals surface area contributed by atoms with E-state index in [1.54, 1.807) is 23.0 Å². The zero-order chi connectivity index (χ0) is 13.0. The van der Waals surface area contributed by atoms with Crippen molar-refractivity contribution in [3.05, 3.63) is 34.4 Å². The zero-order valence-electron chi connectivity index (χ0n) is 9.47. The highest BCUT2D eigenvalue weighted by Gasteiger charge is 2.03. The van der Waals surface area contributed by atoms with Gasteiger partial charge in [0.2, 0.25) is 0 Å². The Labute approximate surface area is 107 Å². The smallest absolute Gasteiger partial charge is 0.305 e. The zero-order valence-corrected chi connectivity index (χ0v) is 10.3. The van der Waals surface area contributed by atoms with Gasteiger partial charge in [0.1, 0.15) is 5.82 Å². The summed E-state index contributed by atoms with van der Waals surface area (Å²) >= 11 is 1.09. The summed E-state index contributed by atoms with van der Waals surface area (Å²) in [5.41, 5.74) is 0. The first-order valence-electron chi connectivity index (χ1n) is 5.37. The van der Waals surface area contributed by atoms with E-state index in [4.69, 9.17) is 5.11 Å². The minimum Gasteiger partial charge on any atom is -0.481 e. The molecule has 0 unspecified atom stereocenters. The lowest BCUT2D eigenvalue weighted by Crippen LogP contribution is -2.06. The van der Waals surface area contributed by atoms with Crippen molar-refractivity contribution in [2.24, 2.45) is 0 Å². The molecule has 2 N–H and O–H groups in total. The second-order valence-electron chi connectivity index (χ2n) is 3.67. The van der Waals surface area contributed by atoms with Gasteiger partial charge in [-0.2, -0.15) is 9.49 Å². The molecule has 0 spiro atoms. The van der Waals surface area contributed by atoms with Crippen LogP contribution in [0.5, 0.6) is 0 Å². The van der Waals surface area contributed by atoms with E-state index in [1.165, 1.54) is 6.07 Å². The summed E-state index contributed by atoms with van der Waals surface area (Å²) in [6.07, 6.45) is 1.75. The number of nitrogens with zero attached hydrogens (tertiary/aromatic N) is 2. The fourth-order valence-electron chi connectivity index (χ4n) is 1.42. The minimum atomic E-state index is -0.853. The molecule has 0 saturated carbocycles. The van der Waals surface area contributed by atoms with Gasteiger partial charge in [0.25, 0.3) is 0 Å². The summed E-state index contributed by atoms with van der Waals surface area (Å²) in [4.78, 5) is 11.3. The Hall–Kier alpha value is -1.89. The summed E-state index contributed by atoms with van der Waals surface area (Å²) in [6.45, 7) is 0.842. The number of carboxylic acids is 1. The van der Waals surface area contributed by atoms with E-state index in [0.717, 1.165) is 16.2 Å². The molecule has 0 aliphatic heterocycles. The Kier molecular flexibility index (Phi) is 3.93. The van der Waals surface area contributed by atoms with Gasteiger partial charge in [-0.3, -0.25) is 9.48 Å². The summed E-state index contributed by atoms with van der Waals surface area (Å²) in [5, 5.41) is 15.5. The Morgan fingerprint density at radius 2 is 2.33 bits per heavy atom. The fourth-order valence-corrected chi connectivity index (χ4v) is 2.08. The second-order valence-corrected chi connectivity index (χ2v) is 4.79. The molecule has 5 nitrogen and oxygen atoms in total. The number of rotatable bonds is 6. The van der Waals surface area contributed by atoms with Gasteiger partial charge in [0.15, 0.2) is 5.13 Å². The maximum atomic E-state index is 12.7. The Morgan fingerprint density at radius 3 is 3.00 bits per heavy atom. The van der Waals surface area contributed by atoms with E-state index in [0.29, 0.717) is 18.9 Å². The van der Waals surface area contributed by atoms with Crippen LogP contribution >= 0.6 is 11.3 Å². The van der Waals surface area contributed by atoms with Crippen molar-refractivity contribution in [2.45, 2.75) is 19.5 Å². The average molecular weight is 269 g/mol. The summed E-state index contributed by atoms with van der Waals surface area (Å²) < 4.78 is 14.3. The van der Waals surface area contributed by atoms with Crippen LogP contribution in [0.4, 0.5) is 10.2 Å². The molecule has 0 fully saturated rings. The van der Waals surface area contributed by atoms with Gasteiger partial charge < -0.3 is 10.4 Å². The van der Waals surface area contributed by atoms with Gasteiger partial charge >= 0.3 is 5.97 Å². The average Bonchev–Trinajstić information content (AvgIpc) is 2.93. The van der Waals surface area contributed by atoms with Gasteiger partial charge in [-0.05, 0) is 12.1 Å². The topological polar surface area (TPSA) is 67.2 Å². The number of aryl methyl sites for hydroxylation is 1.